The molecule has 32 heavy (non-hydrogen) atoms. The molecule has 0 bridgehead atoms. The number of halogens is 3. The van der Waals surface area contributed by atoms with Gasteiger partial charge in [0.2, 0.25) is 0 Å². The maximum absolute atomic E-state index is 12.9. The largest absolute Gasteiger partial charge is 0.416 e. The normalized spacial score (nSPS) is 23.9. The van der Waals surface area contributed by atoms with E-state index < -0.39 is 17.3 Å². The quantitative estimate of drug-likeness (QED) is 0.559. The molecule has 170 valence electrons. The number of benzene rings is 2. The molecule has 0 spiro atoms. The van der Waals surface area contributed by atoms with Gasteiger partial charge in [-0.3, -0.25) is 0 Å². The number of nitrogens with zero attached hydrogens (tertiary/aromatic N) is 3. The van der Waals surface area contributed by atoms with E-state index in [1.807, 2.05) is 31.2 Å². The fourth-order valence-electron chi connectivity index (χ4n) is 4.35. The van der Waals surface area contributed by atoms with Crippen molar-refractivity contribution in [2.45, 2.75) is 56.8 Å². The fraction of sp³-hybridized carbons (Fsp3) is 0.391. The molecule has 0 amide bonds. The number of alkyl halides is 3. The van der Waals surface area contributed by atoms with Gasteiger partial charge in [0.05, 0.1) is 42.2 Å². The minimum Gasteiger partial charge on any atom is -0.392 e. The molecule has 1 fully saturated rings. The van der Waals surface area contributed by atoms with Gasteiger partial charge in [-0.05, 0) is 42.2 Å². The van der Waals surface area contributed by atoms with E-state index in [0.717, 1.165) is 23.3 Å². The Labute approximate surface area is 183 Å². The topological polar surface area (TPSA) is 83.2 Å². The van der Waals surface area contributed by atoms with Gasteiger partial charge in [0, 0.05) is 12.5 Å². The molecular weight excluding hydrogens is 421 g/mol. The van der Waals surface area contributed by atoms with Gasteiger partial charge in [0.1, 0.15) is 0 Å². The maximum atomic E-state index is 12.9. The van der Waals surface area contributed by atoms with E-state index in [1.54, 1.807) is 10.9 Å². The van der Waals surface area contributed by atoms with Crippen molar-refractivity contribution in [2.75, 3.05) is 0 Å². The van der Waals surface area contributed by atoms with E-state index in [9.17, 15) is 23.4 Å². The highest BCUT2D eigenvalue weighted by Gasteiger charge is 2.41. The highest BCUT2D eigenvalue weighted by molar-refractivity contribution is 5.30. The lowest BCUT2D eigenvalue weighted by molar-refractivity contribution is -0.137. The third-order valence-corrected chi connectivity index (χ3v) is 5.85. The van der Waals surface area contributed by atoms with Gasteiger partial charge < -0.3 is 15.5 Å². The Balaban J connectivity index is 1.52. The third-order valence-electron chi connectivity index (χ3n) is 5.85. The Bertz CT molecular complexity index is 1070. The van der Waals surface area contributed by atoms with Crippen molar-refractivity contribution >= 4 is 0 Å². The molecule has 9 heteroatoms. The number of nitrogens with one attached hydrogen (secondary N) is 1. The monoisotopic (exact) mass is 446 g/mol. The molecule has 3 aromatic rings. The molecule has 2 heterocycles. The summed E-state index contributed by atoms with van der Waals surface area (Å²) in [6.45, 7) is 2.36. The lowest BCUT2D eigenvalue weighted by Crippen LogP contribution is -2.47. The zero-order valence-electron chi connectivity index (χ0n) is 17.5. The van der Waals surface area contributed by atoms with Gasteiger partial charge in [-0.25, -0.2) is 4.68 Å². The van der Waals surface area contributed by atoms with Crippen molar-refractivity contribution in [3.8, 4) is 0 Å². The van der Waals surface area contributed by atoms with Crippen LogP contribution in [0.1, 0.15) is 53.8 Å². The van der Waals surface area contributed by atoms with Gasteiger partial charge in [-0.1, -0.05) is 41.6 Å². The van der Waals surface area contributed by atoms with Crippen LogP contribution in [0.2, 0.25) is 0 Å². The summed E-state index contributed by atoms with van der Waals surface area (Å²) in [6.07, 6.45) is -1.98. The van der Waals surface area contributed by atoms with Crippen molar-refractivity contribution < 1.29 is 23.4 Å². The molecule has 0 radical (unpaired) electrons. The van der Waals surface area contributed by atoms with Crippen LogP contribution in [0.25, 0.3) is 0 Å². The summed E-state index contributed by atoms with van der Waals surface area (Å²) in [5, 5.41) is 32.5. The van der Waals surface area contributed by atoms with Crippen LogP contribution < -0.4 is 5.32 Å². The Morgan fingerprint density at radius 2 is 1.84 bits per heavy atom. The van der Waals surface area contributed by atoms with Crippen molar-refractivity contribution in [3.63, 3.8) is 0 Å². The molecule has 6 nitrogen and oxygen atoms in total. The number of aromatic nitrogens is 3. The molecule has 1 aliphatic heterocycles. The van der Waals surface area contributed by atoms with Crippen LogP contribution in [0, 0.1) is 0 Å². The lowest BCUT2D eigenvalue weighted by atomic mass is 9.78. The lowest BCUT2D eigenvalue weighted by Gasteiger charge is -2.40. The van der Waals surface area contributed by atoms with Gasteiger partial charge in [-0.2, -0.15) is 13.2 Å². The molecule has 1 unspecified atom stereocenters. The molecule has 3 N–H and O–H groups in total. The first kappa shape index (κ1) is 22.4. The first-order valence-electron chi connectivity index (χ1n) is 10.4. The van der Waals surface area contributed by atoms with Gasteiger partial charge in [0.25, 0.3) is 0 Å². The first-order valence-corrected chi connectivity index (χ1v) is 10.4. The second-order valence-electron chi connectivity index (χ2n) is 8.45. The molecule has 2 aromatic carbocycles. The Kier molecular flexibility index (Phi) is 6.07. The molecule has 0 aliphatic carbocycles. The minimum absolute atomic E-state index is 0.0388. The highest BCUT2D eigenvalue weighted by Crippen LogP contribution is 2.40. The van der Waals surface area contributed by atoms with E-state index in [2.05, 4.69) is 15.6 Å². The molecule has 1 saturated heterocycles. The third kappa shape index (κ3) is 4.85. The van der Waals surface area contributed by atoms with Crippen LogP contribution in [0.4, 0.5) is 13.2 Å². The Morgan fingerprint density at radius 1 is 1.12 bits per heavy atom. The number of hydrogen-bond donors (Lipinski definition) is 3. The zero-order valence-corrected chi connectivity index (χ0v) is 17.5. The van der Waals surface area contributed by atoms with Gasteiger partial charge in [0.15, 0.2) is 0 Å². The molecule has 1 aromatic heterocycles. The molecule has 4 rings (SSSR count). The van der Waals surface area contributed by atoms with Crippen molar-refractivity contribution in [1.82, 2.24) is 20.3 Å². The summed E-state index contributed by atoms with van der Waals surface area (Å²) < 4.78 is 40.4. The smallest absolute Gasteiger partial charge is 0.392 e. The van der Waals surface area contributed by atoms with Gasteiger partial charge in [-0.15, -0.1) is 5.10 Å². The highest BCUT2D eigenvalue weighted by atomic mass is 19.4. The SMILES string of the molecule is C[C@H]1CC(O)(c2ccc(C(F)(F)F)cc2)C[C@@H](c2cn(Cc3cccc(CO)c3)nn2)N1. The minimum atomic E-state index is -4.42. The van der Waals surface area contributed by atoms with Crippen molar-refractivity contribution in [2.24, 2.45) is 0 Å². The number of piperidine rings is 1. The Morgan fingerprint density at radius 3 is 2.53 bits per heavy atom. The van der Waals surface area contributed by atoms with E-state index in [4.69, 9.17) is 0 Å². The van der Waals surface area contributed by atoms with E-state index in [0.29, 0.717) is 24.2 Å². The second kappa shape index (κ2) is 8.65. The predicted octanol–water partition coefficient (Wildman–Crippen LogP) is 3.54. The number of hydrogen-bond acceptors (Lipinski definition) is 5. The van der Waals surface area contributed by atoms with Crippen molar-refractivity contribution in [3.05, 3.63) is 82.7 Å². The van der Waals surface area contributed by atoms with E-state index >= 15 is 0 Å². The number of aliphatic hydroxyl groups excluding tert-OH is 1. The van der Waals surface area contributed by atoms with Crippen LogP contribution in [-0.4, -0.2) is 31.2 Å². The molecule has 1 aliphatic rings. The number of aliphatic hydroxyl groups is 2. The summed E-state index contributed by atoms with van der Waals surface area (Å²) in [5.74, 6) is 0. The maximum Gasteiger partial charge on any atom is 0.416 e. The predicted molar refractivity (Wildman–Crippen MR) is 111 cm³/mol. The van der Waals surface area contributed by atoms with Crippen LogP contribution >= 0.6 is 0 Å². The van der Waals surface area contributed by atoms with Crippen LogP contribution in [-0.2, 0) is 24.9 Å². The molecule has 0 saturated carbocycles. The van der Waals surface area contributed by atoms with Crippen LogP contribution in [0.5, 0.6) is 0 Å². The second-order valence-corrected chi connectivity index (χ2v) is 8.45. The zero-order chi connectivity index (χ0) is 22.9. The Hall–Kier alpha value is -2.75. The average molecular weight is 446 g/mol. The first-order chi connectivity index (χ1) is 15.2. The summed E-state index contributed by atoms with van der Waals surface area (Å²) >= 11 is 0. The van der Waals surface area contributed by atoms with Gasteiger partial charge >= 0.3 is 6.18 Å². The van der Waals surface area contributed by atoms with Crippen LogP contribution in [0.3, 0.4) is 0 Å². The average Bonchev–Trinajstić information content (AvgIpc) is 3.21. The van der Waals surface area contributed by atoms with E-state index in [1.165, 1.54) is 12.1 Å². The molecular formula is C23H25F3N4O2. The van der Waals surface area contributed by atoms with E-state index in [-0.39, 0.29) is 25.1 Å². The summed E-state index contributed by atoms with van der Waals surface area (Å²) in [7, 11) is 0. The standard InChI is InChI=1S/C23H25F3N4O2/c1-15-10-22(32,18-5-7-19(8-6-18)23(24,25)26)11-20(27-15)21-13-30(29-28-21)12-16-3-2-4-17(9-16)14-31/h2-9,13,15,20,27,31-32H,10-12,14H2,1H3/t15-,20-,22?/m0/s1. The summed E-state index contributed by atoms with van der Waals surface area (Å²) in [4.78, 5) is 0. The molecule has 3 atom stereocenters. The summed E-state index contributed by atoms with van der Waals surface area (Å²) in [6, 6.07) is 11.9. The van der Waals surface area contributed by atoms with Crippen molar-refractivity contribution in [1.29, 1.82) is 0 Å². The van der Waals surface area contributed by atoms with Crippen LogP contribution in [0.15, 0.2) is 54.7 Å². The summed E-state index contributed by atoms with van der Waals surface area (Å²) in [5.41, 5.74) is 0.874. The fourth-order valence-corrected chi connectivity index (χ4v) is 4.35. The number of rotatable bonds is 5.